The summed E-state index contributed by atoms with van der Waals surface area (Å²) < 4.78 is 1.22. The normalized spacial score (nSPS) is 20.5. The Labute approximate surface area is 98.8 Å². The Kier molecular flexibility index (Phi) is 2.35. The molecule has 0 radical (unpaired) electrons. The molecule has 1 aliphatic carbocycles. The lowest BCUT2D eigenvalue weighted by Gasteiger charge is -2.25. The summed E-state index contributed by atoms with van der Waals surface area (Å²) >= 11 is 3.67. The zero-order valence-electron chi connectivity index (χ0n) is 8.67. The van der Waals surface area contributed by atoms with Gasteiger partial charge in [-0.15, -0.1) is 0 Å². The van der Waals surface area contributed by atoms with Gasteiger partial charge >= 0.3 is 0 Å². The van der Waals surface area contributed by atoms with Gasteiger partial charge in [0.25, 0.3) is 0 Å². The smallest absolute Gasteiger partial charge is 0.0748 e. The molecule has 0 saturated heterocycles. The van der Waals surface area contributed by atoms with Gasteiger partial charge in [0.15, 0.2) is 0 Å². The summed E-state index contributed by atoms with van der Waals surface area (Å²) in [6.07, 6.45) is 3.96. The van der Waals surface area contributed by atoms with E-state index < -0.39 is 0 Å². The predicted molar refractivity (Wildman–Crippen MR) is 67.6 cm³/mol. The Morgan fingerprint density at radius 3 is 3.00 bits per heavy atom. The van der Waals surface area contributed by atoms with E-state index in [1.807, 2.05) is 0 Å². The molecule has 1 aliphatic heterocycles. The highest BCUT2D eigenvalue weighted by atomic mass is 79.9. The molecular weight excluding hydrogens is 252 g/mol. The molecular formula is C12H15BrN2. The molecule has 3 heteroatoms. The molecule has 80 valence electrons. The molecule has 0 atom stereocenters. The first-order chi connectivity index (χ1) is 7.36. The molecule has 1 N–H and O–H groups in total. The summed E-state index contributed by atoms with van der Waals surface area (Å²) in [5.41, 5.74) is 2.66. The zero-order valence-corrected chi connectivity index (χ0v) is 10.3. The van der Waals surface area contributed by atoms with Crippen molar-refractivity contribution in [3.8, 4) is 0 Å². The number of anilines is 2. The number of nitrogens with one attached hydrogen (secondary N) is 1. The van der Waals surface area contributed by atoms with Crippen LogP contribution in [0.25, 0.3) is 0 Å². The van der Waals surface area contributed by atoms with E-state index in [0.717, 1.165) is 12.6 Å². The lowest BCUT2D eigenvalue weighted by atomic mass is 10.2. The summed E-state index contributed by atoms with van der Waals surface area (Å²) in [5, 5.41) is 3.51. The third kappa shape index (κ3) is 1.73. The molecule has 15 heavy (non-hydrogen) atoms. The summed E-state index contributed by atoms with van der Waals surface area (Å²) in [6.45, 7) is 2.28. The van der Waals surface area contributed by atoms with Gasteiger partial charge in [0.1, 0.15) is 0 Å². The van der Waals surface area contributed by atoms with Crippen molar-refractivity contribution in [2.24, 2.45) is 0 Å². The number of hydrogen-bond donors (Lipinski definition) is 1. The summed E-state index contributed by atoms with van der Waals surface area (Å²) in [5.74, 6) is 0. The lowest BCUT2D eigenvalue weighted by Crippen LogP contribution is -2.26. The van der Waals surface area contributed by atoms with Crippen LogP contribution in [0.2, 0.25) is 0 Å². The largest absolute Gasteiger partial charge is 0.383 e. The predicted octanol–water partition coefficient (Wildman–Crippen LogP) is 3.23. The third-order valence-corrected chi connectivity index (χ3v) is 3.79. The highest BCUT2D eigenvalue weighted by Gasteiger charge is 2.32. The Morgan fingerprint density at radius 2 is 2.20 bits per heavy atom. The fourth-order valence-electron chi connectivity index (χ4n) is 2.29. The highest BCUT2D eigenvalue weighted by Crippen LogP contribution is 2.41. The van der Waals surface area contributed by atoms with E-state index in [9.17, 15) is 0 Å². The van der Waals surface area contributed by atoms with E-state index >= 15 is 0 Å². The molecule has 1 heterocycles. The highest BCUT2D eigenvalue weighted by molar-refractivity contribution is 9.10. The van der Waals surface area contributed by atoms with Crippen molar-refractivity contribution in [2.45, 2.75) is 25.3 Å². The fourth-order valence-corrected chi connectivity index (χ4v) is 2.88. The maximum Gasteiger partial charge on any atom is 0.0748 e. The molecule has 0 spiro atoms. The average Bonchev–Trinajstić information content (AvgIpc) is 3.03. The minimum atomic E-state index is 0.794. The van der Waals surface area contributed by atoms with Crippen LogP contribution in [0.3, 0.4) is 0 Å². The third-order valence-electron chi connectivity index (χ3n) is 3.15. The number of nitrogens with zero attached hydrogens (tertiary/aromatic N) is 1. The van der Waals surface area contributed by atoms with Crippen molar-refractivity contribution in [1.82, 2.24) is 0 Å². The second-order valence-corrected chi connectivity index (χ2v) is 5.20. The second-order valence-electron chi connectivity index (χ2n) is 4.34. The summed E-state index contributed by atoms with van der Waals surface area (Å²) in [6, 6.07) is 7.22. The number of rotatable bonds is 1. The van der Waals surface area contributed by atoms with Crippen molar-refractivity contribution in [3.63, 3.8) is 0 Å². The molecule has 0 bridgehead atoms. The molecule has 2 nitrogen and oxygen atoms in total. The standard InChI is InChI=1S/C12H15BrN2/c13-10-3-1-4-11-12(10)15(9-5-6-9)8-2-7-14-11/h1,3-4,9,14H,2,5-8H2. The van der Waals surface area contributed by atoms with Crippen LogP contribution in [0.4, 0.5) is 11.4 Å². The van der Waals surface area contributed by atoms with Crippen LogP contribution in [0.15, 0.2) is 22.7 Å². The monoisotopic (exact) mass is 266 g/mol. The van der Waals surface area contributed by atoms with Crippen LogP contribution in [0.1, 0.15) is 19.3 Å². The maximum absolute atomic E-state index is 3.67. The maximum atomic E-state index is 3.67. The van der Waals surface area contributed by atoms with Crippen LogP contribution in [-0.4, -0.2) is 19.1 Å². The van der Waals surface area contributed by atoms with Crippen molar-refractivity contribution in [3.05, 3.63) is 22.7 Å². The molecule has 3 rings (SSSR count). The van der Waals surface area contributed by atoms with E-state index in [0.29, 0.717) is 0 Å². The van der Waals surface area contributed by atoms with Crippen molar-refractivity contribution < 1.29 is 0 Å². The van der Waals surface area contributed by atoms with Crippen molar-refractivity contribution in [2.75, 3.05) is 23.3 Å². The molecule has 1 fully saturated rings. The van der Waals surface area contributed by atoms with Crippen LogP contribution in [0.5, 0.6) is 0 Å². The average molecular weight is 267 g/mol. The van der Waals surface area contributed by atoms with Crippen molar-refractivity contribution in [1.29, 1.82) is 0 Å². The van der Waals surface area contributed by atoms with Gasteiger partial charge in [-0.3, -0.25) is 0 Å². The molecule has 1 aromatic rings. The van der Waals surface area contributed by atoms with E-state index in [-0.39, 0.29) is 0 Å². The van der Waals surface area contributed by atoms with Gasteiger partial charge in [-0.25, -0.2) is 0 Å². The Morgan fingerprint density at radius 1 is 1.33 bits per heavy atom. The SMILES string of the molecule is Brc1cccc2c1N(C1CC1)CCCN2. The summed E-state index contributed by atoms with van der Waals surface area (Å²) in [7, 11) is 0. The van der Waals surface area contributed by atoms with Crippen LogP contribution < -0.4 is 10.2 Å². The molecule has 2 aliphatic rings. The zero-order chi connectivity index (χ0) is 10.3. The van der Waals surface area contributed by atoms with E-state index in [2.05, 4.69) is 44.3 Å². The van der Waals surface area contributed by atoms with E-state index in [1.54, 1.807) is 0 Å². The minimum absolute atomic E-state index is 0.794. The fraction of sp³-hybridized carbons (Fsp3) is 0.500. The van der Waals surface area contributed by atoms with Gasteiger partial charge in [0.05, 0.1) is 11.4 Å². The number of halogens is 1. The quantitative estimate of drug-likeness (QED) is 0.840. The van der Waals surface area contributed by atoms with E-state index in [1.165, 1.54) is 41.7 Å². The second kappa shape index (κ2) is 3.71. The first-order valence-corrected chi connectivity index (χ1v) is 6.44. The van der Waals surface area contributed by atoms with Gasteiger partial charge in [-0.2, -0.15) is 0 Å². The number of hydrogen-bond acceptors (Lipinski definition) is 2. The Hall–Kier alpha value is -0.700. The molecule has 0 amide bonds. The minimum Gasteiger partial charge on any atom is -0.383 e. The van der Waals surface area contributed by atoms with Gasteiger partial charge in [-0.05, 0) is 47.3 Å². The number of fused-ring (bicyclic) bond motifs is 1. The Balaban J connectivity index is 2.05. The van der Waals surface area contributed by atoms with Crippen LogP contribution in [-0.2, 0) is 0 Å². The lowest BCUT2D eigenvalue weighted by molar-refractivity contribution is 0.759. The van der Waals surface area contributed by atoms with Gasteiger partial charge in [0.2, 0.25) is 0 Å². The molecule has 0 aromatic heterocycles. The summed E-state index contributed by atoms with van der Waals surface area (Å²) in [4.78, 5) is 2.57. The van der Waals surface area contributed by atoms with Gasteiger partial charge < -0.3 is 10.2 Å². The van der Waals surface area contributed by atoms with Crippen molar-refractivity contribution >= 4 is 27.3 Å². The molecule has 0 unspecified atom stereocenters. The van der Waals surface area contributed by atoms with E-state index in [4.69, 9.17) is 0 Å². The first kappa shape index (κ1) is 9.52. The Bertz CT molecular complexity index is 374. The molecule has 1 saturated carbocycles. The van der Waals surface area contributed by atoms with Gasteiger partial charge in [-0.1, -0.05) is 6.07 Å². The van der Waals surface area contributed by atoms with Crippen LogP contribution in [0, 0.1) is 0 Å². The van der Waals surface area contributed by atoms with Gasteiger partial charge in [0, 0.05) is 23.6 Å². The number of benzene rings is 1. The van der Waals surface area contributed by atoms with Crippen LogP contribution >= 0.6 is 15.9 Å². The topological polar surface area (TPSA) is 15.3 Å². The first-order valence-electron chi connectivity index (χ1n) is 5.65. The molecule has 1 aromatic carbocycles. The number of para-hydroxylation sites is 1.